The van der Waals surface area contributed by atoms with Gasteiger partial charge in [-0.2, -0.15) is 0 Å². The van der Waals surface area contributed by atoms with E-state index in [2.05, 4.69) is 36.0 Å². The molecule has 29 heavy (non-hydrogen) atoms. The van der Waals surface area contributed by atoms with Crippen LogP contribution in [-0.2, 0) is 25.5 Å². The summed E-state index contributed by atoms with van der Waals surface area (Å²) in [7, 11) is 0. The van der Waals surface area contributed by atoms with Crippen molar-refractivity contribution in [2.24, 2.45) is 0 Å². The fourth-order valence-electron chi connectivity index (χ4n) is 3.75. The van der Waals surface area contributed by atoms with Gasteiger partial charge in [-0.3, -0.25) is 24.6 Å². The Kier molecular flexibility index (Phi) is 6.49. The summed E-state index contributed by atoms with van der Waals surface area (Å²) in [4.78, 5) is 42.2. The molecule has 1 aromatic rings. The first-order valence-electron chi connectivity index (χ1n) is 10.1. The van der Waals surface area contributed by atoms with Crippen LogP contribution in [0.4, 0.5) is 0 Å². The van der Waals surface area contributed by atoms with Gasteiger partial charge in [-0.25, -0.2) is 4.98 Å². The van der Waals surface area contributed by atoms with Gasteiger partial charge in [0.2, 0.25) is 11.8 Å². The molecule has 0 aromatic carbocycles. The van der Waals surface area contributed by atoms with Crippen LogP contribution in [0.5, 0.6) is 0 Å². The number of imide groups is 1. The molecule has 1 aromatic heterocycles. The maximum atomic E-state index is 12.7. The van der Waals surface area contributed by atoms with Gasteiger partial charge in [0.1, 0.15) is 24.2 Å². The highest BCUT2D eigenvalue weighted by molar-refractivity contribution is 6.12. The van der Waals surface area contributed by atoms with E-state index in [-0.39, 0.29) is 24.3 Å². The van der Waals surface area contributed by atoms with Gasteiger partial charge in [-0.15, -0.1) is 0 Å². The largest absolute Gasteiger partial charge is 0.377 e. The molecule has 0 spiro atoms. The average molecular weight is 403 g/mol. The Labute approximate surface area is 170 Å². The quantitative estimate of drug-likeness (QED) is 0.709. The first-order chi connectivity index (χ1) is 13.8. The second kappa shape index (κ2) is 8.87. The van der Waals surface area contributed by atoms with Crippen molar-refractivity contribution in [3.63, 3.8) is 0 Å². The lowest BCUT2D eigenvalue weighted by Crippen LogP contribution is -2.51. The third-order valence-electron chi connectivity index (χ3n) is 5.00. The van der Waals surface area contributed by atoms with Crippen LogP contribution in [0, 0.1) is 0 Å². The summed E-state index contributed by atoms with van der Waals surface area (Å²) >= 11 is 0. The summed E-state index contributed by atoms with van der Waals surface area (Å²) in [6, 6.07) is 0. The first kappa shape index (κ1) is 21.2. The van der Waals surface area contributed by atoms with Crippen LogP contribution in [0.15, 0.2) is 5.70 Å². The van der Waals surface area contributed by atoms with Crippen LogP contribution < -0.4 is 10.6 Å². The first-order valence-corrected chi connectivity index (χ1v) is 10.1. The van der Waals surface area contributed by atoms with Crippen LogP contribution >= 0.6 is 0 Å². The van der Waals surface area contributed by atoms with Crippen molar-refractivity contribution in [3.05, 3.63) is 22.9 Å². The molecule has 3 heterocycles. The number of nitrogens with one attached hydrogen (secondary N) is 2. The zero-order chi connectivity index (χ0) is 21.1. The maximum Gasteiger partial charge on any atom is 0.277 e. The second-order valence-corrected chi connectivity index (χ2v) is 7.63. The normalized spacial score (nSPS) is 21.8. The summed E-state index contributed by atoms with van der Waals surface area (Å²) in [5.41, 5.74) is 1.66. The Hall–Kier alpha value is -2.52. The highest BCUT2D eigenvalue weighted by Crippen LogP contribution is 2.28. The van der Waals surface area contributed by atoms with Gasteiger partial charge < -0.3 is 14.6 Å². The van der Waals surface area contributed by atoms with E-state index in [1.807, 2.05) is 0 Å². The lowest BCUT2D eigenvalue weighted by atomic mass is 10.1. The van der Waals surface area contributed by atoms with Gasteiger partial charge >= 0.3 is 0 Å². The van der Waals surface area contributed by atoms with Crippen molar-refractivity contribution in [1.29, 1.82) is 0 Å². The number of nitrogens with zero attached hydrogens (tertiary/aromatic N) is 3. The smallest absolute Gasteiger partial charge is 0.277 e. The Bertz CT molecular complexity index is 836. The molecule has 0 bridgehead atoms. The van der Waals surface area contributed by atoms with Gasteiger partial charge in [0, 0.05) is 25.6 Å². The van der Waals surface area contributed by atoms with E-state index in [9.17, 15) is 14.4 Å². The van der Waals surface area contributed by atoms with Crippen LogP contribution in [0.25, 0.3) is 6.08 Å². The van der Waals surface area contributed by atoms with Gasteiger partial charge in [0.15, 0.2) is 0 Å². The molecule has 1 unspecified atom stereocenters. The van der Waals surface area contributed by atoms with E-state index in [4.69, 9.17) is 9.72 Å². The summed E-state index contributed by atoms with van der Waals surface area (Å²) < 4.78 is 7.82. The number of amides is 3. The van der Waals surface area contributed by atoms with Crippen molar-refractivity contribution >= 4 is 23.8 Å². The van der Waals surface area contributed by atoms with E-state index >= 15 is 0 Å². The van der Waals surface area contributed by atoms with E-state index < -0.39 is 17.7 Å². The molecule has 2 fully saturated rings. The highest BCUT2D eigenvalue weighted by Gasteiger charge is 2.32. The third-order valence-corrected chi connectivity index (χ3v) is 5.00. The molecule has 3 rings (SSSR count). The van der Waals surface area contributed by atoms with Gasteiger partial charge in [0.05, 0.1) is 18.9 Å². The molecule has 0 saturated carbocycles. The number of morpholine rings is 1. The molecule has 9 heteroatoms. The number of ether oxygens (including phenoxy) is 1. The third kappa shape index (κ3) is 4.40. The molecule has 1 atom stereocenters. The molecule has 158 valence electrons. The molecular weight excluding hydrogens is 374 g/mol. The number of carbonyl (C=O) groups excluding carboxylic acids is 3. The standard InChI is InChI=1S/C20H29N5O4/c1-5-6-16-22-14(9-15-20(28)24(13(4)26)10-18(27)23-15)19(12(2)3)25(16)17-11-29-8-7-21-17/h9,12,17,21H,5-8,10-11H2,1-4H3,(H,23,27). The predicted octanol–water partition coefficient (Wildman–Crippen LogP) is 0.923. The van der Waals surface area contributed by atoms with E-state index in [1.165, 1.54) is 6.92 Å². The molecule has 9 nitrogen and oxygen atoms in total. The fraction of sp³-hybridized carbons (Fsp3) is 0.600. The van der Waals surface area contributed by atoms with Crippen molar-refractivity contribution in [2.75, 3.05) is 26.3 Å². The molecule has 2 aliphatic rings. The van der Waals surface area contributed by atoms with Crippen molar-refractivity contribution < 1.29 is 19.1 Å². The second-order valence-electron chi connectivity index (χ2n) is 7.63. The molecule has 0 aliphatic carbocycles. The minimum atomic E-state index is -0.516. The van der Waals surface area contributed by atoms with Crippen LogP contribution in [0.2, 0.25) is 0 Å². The Balaban J connectivity index is 2.08. The molecular formula is C20H29N5O4. The lowest BCUT2D eigenvalue weighted by Gasteiger charge is -2.29. The lowest BCUT2D eigenvalue weighted by molar-refractivity contribution is -0.147. The number of aryl methyl sites for hydroxylation is 1. The minimum Gasteiger partial charge on any atom is -0.377 e. The van der Waals surface area contributed by atoms with Gasteiger partial charge in [-0.1, -0.05) is 20.8 Å². The predicted molar refractivity (Wildman–Crippen MR) is 107 cm³/mol. The molecule has 2 saturated heterocycles. The maximum absolute atomic E-state index is 12.7. The van der Waals surface area contributed by atoms with Crippen LogP contribution in [-0.4, -0.2) is 58.5 Å². The molecule has 2 aliphatic heterocycles. The Morgan fingerprint density at radius 3 is 2.72 bits per heavy atom. The number of piperazine rings is 1. The van der Waals surface area contributed by atoms with E-state index in [0.717, 1.165) is 35.8 Å². The Morgan fingerprint density at radius 1 is 1.38 bits per heavy atom. The minimum absolute atomic E-state index is 0.0345. The summed E-state index contributed by atoms with van der Waals surface area (Å²) in [5, 5.41) is 6.07. The molecule has 0 radical (unpaired) electrons. The highest BCUT2D eigenvalue weighted by atomic mass is 16.5. The number of rotatable bonds is 5. The zero-order valence-electron chi connectivity index (χ0n) is 17.4. The number of hydrogen-bond donors (Lipinski definition) is 2. The van der Waals surface area contributed by atoms with Crippen molar-refractivity contribution in [3.8, 4) is 0 Å². The van der Waals surface area contributed by atoms with Crippen LogP contribution in [0.3, 0.4) is 0 Å². The van der Waals surface area contributed by atoms with Crippen LogP contribution in [0.1, 0.15) is 63.4 Å². The summed E-state index contributed by atoms with van der Waals surface area (Å²) in [6.07, 6.45) is 3.25. The average Bonchev–Trinajstić information content (AvgIpc) is 3.03. The summed E-state index contributed by atoms with van der Waals surface area (Å²) in [6.45, 7) is 9.20. The fourth-order valence-corrected chi connectivity index (χ4v) is 3.75. The number of carbonyl (C=O) groups is 3. The van der Waals surface area contributed by atoms with Crippen molar-refractivity contribution in [1.82, 2.24) is 25.1 Å². The monoisotopic (exact) mass is 403 g/mol. The number of hydrogen-bond acceptors (Lipinski definition) is 6. The molecule has 2 N–H and O–H groups in total. The van der Waals surface area contributed by atoms with E-state index in [1.54, 1.807) is 6.08 Å². The number of aromatic nitrogens is 2. The summed E-state index contributed by atoms with van der Waals surface area (Å²) in [5.74, 6) is -0.336. The SMILES string of the molecule is CCCc1nc(C=C2NC(=O)CN(C(C)=O)C2=O)c(C(C)C)n1C1COCCN1. The van der Waals surface area contributed by atoms with Gasteiger partial charge in [0.25, 0.3) is 5.91 Å². The Morgan fingerprint density at radius 2 is 2.14 bits per heavy atom. The zero-order valence-corrected chi connectivity index (χ0v) is 17.4. The van der Waals surface area contributed by atoms with Crippen molar-refractivity contribution in [2.45, 2.75) is 52.6 Å². The number of imidazole rings is 1. The van der Waals surface area contributed by atoms with E-state index in [0.29, 0.717) is 18.9 Å². The molecule has 3 amide bonds. The van der Waals surface area contributed by atoms with Gasteiger partial charge in [-0.05, 0) is 18.4 Å². The topological polar surface area (TPSA) is 106 Å².